The highest BCUT2D eigenvalue weighted by molar-refractivity contribution is 6.72. The molecular weight excluding hydrogens is 308 g/mol. The van der Waals surface area contributed by atoms with Crippen molar-refractivity contribution in [3.8, 4) is 0 Å². The summed E-state index contributed by atoms with van der Waals surface area (Å²) in [6.45, 7) is 25.5. The lowest BCUT2D eigenvalue weighted by atomic mass is 10.3. The van der Waals surface area contributed by atoms with Gasteiger partial charge in [-0.2, -0.15) is 0 Å². The average Bonchev–Trinajstić information content (AvgIpc) is 2.24. The average molecular weight is 349 g/mol. The highest BCUT2D eigenvalue weighted by Crippen LogP contribution is 2.35. The Morgan fingerprint density at radius 1 is 0.571 bits per heavy atom. The van der Waals surface area contributed by atoms with Crippen molar-refractivity contribution in [1.29, 1.82) is 0 Å². The van der Waals surface area contributed by atoms with Gasteiger partial charge < -0.3 is 8.23 Å². The van der Waals surface area contributed by atoms with E-state index in [1.54, 1.807) is 0 Å². The maximum absolute atomic E-state index is 6.76. The van der Waals surface area contributed by atoms with Crippen LogP contribution in [0.25, 0.3) is 0 Å². The molecule has 0 N–H and O–H groups in total. The fourth-order valence-corrected chi connectivity index (χ4v) is 17.4. The second kappa shape index (κ2) is 9.01. The molecule has 0 aliphatic carbocycles. The van der Waals surface area contributed by atoms with Crippen LogP contribution in [0.5, 0.6) is 0 Å². The molecule has 128 valence electrons. The SMILES string of the molecule is CC(C)[SiH](O[SiH](O[SiH](C(C)C)C(C)C)C(C)(C)C)C(C)C. The zero-order valence-electron chi connectivity index (χ0n) is 16.4. The molecule has 0 spiro atoms. The Morgan fingerprint density at radius 2 is 0.810 bits per heavy atom. The van der Waals surface area contributed by atoms with Gasteiger partial charge in [0.05, 0.1) is 0 Å². The number of hydrogen-bond donors (Lipinski definition) is 0. The molecule has 0 amide bonds. The molecule has 0 heterocycles. The van der Waals surface area contributed by atoms with Crippen LogP contribution in [0, 0.1) is 0 Å². The third-order valence-electron chi connectivity index (χ3n) is 3.90. The smallest absolute Gasteiger partial charge is 0.306 e. The molecule has 2 nitrogen and oxygen atoms in total. The Hall–Kier alpha value is 0.571. The van der Waals surface area contributed by atoms with E-state index >= 15 is 0 Å². The van der Waals surface area contributed by atoms with Crippen LogP contribution in [-0.2, 0) is 8.23 Å². The van der Waals surface area contributed by atoms with Gasteiger partial charge in [0, 0.05) is 5.04 Å². The van der Waals surface area contributed by atoms with E-state index < -0.39 is 27.4 Å². The Balaban J connectivity index is 5.13. The van der Waals surface area contributed by atoms with Crippen molar-refractivity contribution < 1.29 is 8.23 Å². The third-order valence-corrected chi connectivity index (χ3v) is 15.1. The van der Waals surface area contributed by atoms with E-state index in [0.29, 0.717) is 22.2 Å². The van der Waals surface area contributed by atoms with Gasteiger partial charge in [-0.25, -0.2) is 0 Å². The standard InChI is InChI=1S/C16H40O2Si3/c1-12(2)19(13(3)4)17-21(16(9,10)11)18-20(14(5)6)15(7)8/h12-15,19-21H,1-11H3. The summed E-state index contributed by atoms with van der Waals surface area (Å²) in [5.74, 6) is 0. The molecule has 0 aromatic heterocycles. The minimum atomic E-state index is -1.64. The first-order valence-electron chi connectivity index (χ1n) is 8.68. The molecule has 0 atom stereocenters. The molecule has 21 heavy (non-hydrogen) atoms. The molecule has 0 bridgehead atoms. The summed E-state index contributed by atoms with van der Waals surface area (Å²) in [7, 11) is -4.04. The van der Waals surface area contributed by atoms with Gasteiger partial charge in [0.2, 0.25) is 0 Å². The van der Waals surface area contributed by atoms with Gasteiger partial charge in [-0.05, 0) is 22.2 Å². The number of hydrogen-bond acceptors (Lipinski definition) is 2. The predicted octanol–water partition coefficient (Wildman–Crippen LogP) is 5.13. The largest absolute Gasteiger partial charge is 0.440 e. The van der Waals surface area contributed by atoms with Crippen LogP contribution in [0.2, 0.25) is 27.2 Å². The van der Waals surface area contributed by atoms with E-state index in [0.717, 1.165) is 0 Å². The summed E-state index contributed by atoms with van der Waals surface area (Å²) in [5.41, 5.74) is 2.74. The van der Waals surface area contributed by atoms with Crippen LogP contribution in [-0.4, -0.2) is 27.4 Å². The summed E-state index contributed by atoms with van der Waals surface area (Å²) >= 11 is 0. The second-order valence-electron chi connectivity index (χ2n) is 8.88. The lowest BCUT2D eigenvalue weighted by molar-refractivity contribution is 0.368. The van der Waals surface area contributed by atoms with Crippen LogP contribution in [0.3, 0.4) is 0 Å². The zero-order valence-corrected chi connectivity index (χ0v) is 19.8. The van der Waals surface area contributed by atoms with E-state index in [1.807, 2.05) is 0 Å². The Kier molecular flexibility index (Phi) is 9.26. The number of rotatable bonds is 8. The zero-order chi connectivity index (χ0) is 17.0. The highest BCUT2D eigenvalue weighted by atomic mass is 28.4. The predicted molar refractivity (Wildman–Crippen MR) is 104 cm³/mol. The molecule has 0 aliphatic heterocycles. The molecule has 0 saturated carbocycles. The van der Waals surface area contributed by atoms with E-state index in [-0.39, 0.29) is 5.04 Å². The first-order valence-corrected chi connectivity index (χ1v) is 13.8. The van der Waals surface area contributed by atoms with Gasteiger partial charge >= 0.3 is 9.28 Å². The van der Waals surface area contributed by atoms with E-state index in [4.69, 9.17) is 8.23 Å². The van der Waals surface area contributed by atoms with Gasteiger partial charge in [-0.1, -0.05) is 76.2 Å². The van der Waals surface area contributed by atoms with Crippen molar-refractivity contribution in [2.75, 3.05) is 0 Å². The fraction of sp³-hybridized carbons (Fsp3) is 1.00. The second-order valence-corrected chi connectivity index (χ2v) is 20.6. The Bertz CT molecular complexity index is 248. The summed E-state index contributed by atoms with van der Waals surface area (Å²) in [5, 5.41) is 0.185. The molecule has 5 heteroatoms. The van der Waals surface area contributed by atoms with Crippen molar-refractivity contribution in [1.82, 2.24) is 0 Å². The minimum absolute atomic E-state index is 0.185. The van der Waals surface area contributed by atoms with Crippen LogP contribution in [0.4, 0.5) is 0 Å². The molecule has 0 radical (unpaired) electrons. The molecule has 0 aliphatic rings. The van der Waals surface area contributed by atoms with Gasteiger partial charge in [0.25, 0.3) is 0 Å². The Labute approximate surface area is 139 Å². The molecule has 0 rings (SSSR count). The van der Waals surface area contributed by atoms with Gasteiger partial charge in [0.1, 0.15) is 0 Å². The topological polar surface area (TPSA) is 18.5 Å². The molecule has 0 aromatic carbocycles. The summed E-state index contributed by atoms with van der Waals surface area (Å²) in [6.07, 6.45) is 0. The molecule has 0 saturated heterocycles. The molecular formula is C16H40O2Si3. The summed E-state index contributed by atoms with van der Waals surface area (Å²) in [6, 6.07) is 0. The first kappa shape index (κ1) is 21.6. The maximum atomic E-state index is 6.76. The van der Waals surface area contributed by atoms with Gasteiger partial charge in [-0.3, -0.25) is 0 Å². The van der Waals surface area contributed by atoms with Crippen molar-refractivity contribution in [2.24, 2.45) is 0 Å². The maximum Gasteiger partial charge on any atom is 0.306 e. The molecule has 0 unspecified atom stereocenters. The quantitative estimate of drug-likeness (QED) is 0.566. The van der Waals surface area contributed by atoms with Crippen molar-refractivity contribution in [3.05, 3.63) is 0 Å². The van der Waals surface area contributed by atoms with Crippen molar-refractivity contribution in [2.45, 2.75) is 103 Å². The molecule has 0 fully saturated rings. The van der Waals surface area contributed by atoms with Crippen LogP contribution in [0.15, 0.2) is 0 Å². The first-order chi connectivity index (χ1) is 9.37. The lowest BCUT2D eigenvalue weighted by Crippen LogP contribution is -2.45. The normalized spacial score (nSPS) is 14.0. The summed E-state index contributed by atoms with van der Waals surface area (Å²) < 4.78 is 13.5. The van der Waals surface area contributed by atoms with Gasteiger partial charge in [0.15, 0.2) is 18.1 Å². The molecule has 0 aromatic rings. The fourth-order valence-electron chi connectivity index (χ4n) is 2.89. The van der Waals surface area contributed by atoms with Crippen LogP contribution >= 0.6 is 0 Å². The highest BCUT2D eigenvalue weighted by Gasteiger charge is 2.38. The third kappa shape index (κ3) is 7.59. The van der Waals surface area contributed by atoms with E-state index in [9.17, 15) is 0 Å². The van der Waals surface area contributed by atoms with Crippen LogP contribution in [0.1, 0.15) is 76.2 Å². The van der Waals surface area contributed by atoms with Crippen molar-refractivity contribution >= 4 is 27.4 Å². The van der Waals surface area contributed by atoms with Gasteiger partial charge in [-0.15, -0.1) is 0 Å². The minimum Gasteiger partial charge on any atom is -0.440 e. The Morgan fingerprint density at radius 3 is 0.952 bits per heavy atom. The van der Waals surface area contributed by atoms with Crippen LogP contribution < -0.4 is 0 Å². The lowest BCUT2D eigenvalue weighted by Gasteiger charge is -2.38. The van der Waals surface area contributed by atoms with E-state index in [1.165, 1.54) is 0 Å². The monoisotopic (exact) mass is 348 g/mol. The van der Waals surface area contributed by atoms with Crippen molar-refractivity contribution in [3.63, 3.8) is 0 Å². The van der Waals surface area contributed by atoms with E-state index in [2.05, 4.69) is 76.2 Å². The summed E-state index contributed by atoms with van der Waals surface area (Å²) in [4.78, 5) is 0.